The number of aryl methyl sites for hydroxylation is 2. The molecule has 0 saturated heterocycles. The SMILES string of the molecule is CCCN(CCC)c1nc2c(cc1CN)CCCC2. The van der Waals surface area contributed by atoms with Gasteiger partial charge in [0.05, 0.1) is 0 Å². The van der Waals surface area contributed by atoms with Crippen LogP contribution in [0.15, 0.2) is 6.07 Å². The zero-order valence-corrected chi connectivity index (χ0v) is 12.4. The lowest BCUT2D eigenvalue weighted by atomic mass is 9.94. The number of rotatable bonds is 6. The van der Waals surface area contributed by atoms with Crippen molar-refractivity contribution in [2.75, 3.05) is 18.0 Å². The zero-order valence-electron chi connectivity index (χ0n) is 12.4. The fraction of sp³-hybridized carbons (Fsp3) is 0.688. The molecule has 2 rings (SSSR count). The molecule has 0 aliphatic heterocycles. The van der Waals surface area contributed by atoms with Crippen LogP contribution < -0.4 is 10.6 Å². The Morgan fingerprint density at radius 2 is 1.84 bits per heavy atom. The molecule has 2 N–H and O–H groups in total. The van der Waals surface area contributed by atoms with Crippen LogP contribution in [0.4, 0.5) is 5.82 Å². The fourth-order valence-electron chi connectivity index (χ4n) is 2.96. The summed E-state index contributed by atoms with van der Waals surface area (Å²) in [5, 5.41) is 0. The van der Waals surface area contributed by atoms with Crippen LogP contribution in [0.5, 0.6) is 0 Å². The second kappa shape index (κ2) is 6.90. The Kier molecular flexibility index (Phi) is 5.20. The van der Waals surface area contributed by atoms with E-state index in [-0.39, 0.29) is 0 Å². The smallest absolute Gasteiger partial charge is 0.133 e. The Hall–Kier alpha value is -1.09. The lowest BCUT2D eigenvalue weighted by Gasteiger charge is -2.27. The first-order valence-corrected chi connectivity index (χ1v) is 7.76. The molecule has 0 amide bonds. The first-order valence-electron chi connectivity index (χ1n) is 7.76. The van der Waals surface area contributed by atoms with E-state index in [4.69, 9.17) is 10.7 Å². The van der Waals surface area contributed by atoms with Crippen LogP contribution in [0.2, 0.25) is 0 Å². The van der Waals surface area contributed by atoms with Crippen molar-refractivity contribution in [2.24, 2.45) is 5.73 Å². The first-order chi connectivity index (χ1) is 9.30. The Morgan fingerprint density at radius 3 is 2.47 bits per heavy atom. The second-order valence-electron chi connectivity index (χ2n) is 5.48. The number of nitrogens with two attached hydrogens (primary N) is 1. The van der Waals surface area contributed by atoms with Gasteiger partial charge in [-0.3, -0.25) is 0 Å². The van der Waals surface area contributed by atoms with E-state index in [9.17, 15) is 0 Å². The number of hydrogen-bond acceptors (Lipinski definition) is 3. The highest BCUT2D eigenvalue weighted by Crippen LogP contribution is 2.27. The highest BCUT2D eigenvalue weighted by Gasteiger charge is 2.17. The van der Waals surface area contributed by atoms with Crippen molar-refractivity contribution < 1.29 is 0 Å². The van der Waals surface area contributed by atoms with E-state index in [0.717, 1.165) is 38.2 Å². The van der Waals surface area contributed by atoms with E-state index in [1.165, 1.54) is 36.1 Å². The summed E-state index contributed by atoms with van der Waals surface area (Å²) in [4.78, 5) is 7.38. The maximum absolute atomic E-state index is 5.95. The number of aromatic nitrogens is 1. The number of fused-ring (bicyclic) bond motifs is 1. The topological polar surface area (TPSA) is 42.2 Å². The molecule has 106 valence electrons. The van der Waals surface area contributed by atoms with Gasteiger partial charge in [0.1, 0.15) is 5.82 Å². The quantitative estimate of drug-likeness (QED) is 0.856. The Balaban J connectivity index is 2.35. The third kappa shape index (κ3) is 3.27. The molecular formula is C16H27N3. The summed E-state index contributed by atoms with van der Waals surface area (Å²) in [5.41, 5.74) is 9.92. The van der Waals surface area contributed by atoms with Crippen LogP contribution in [0, 0.1) is 0 Å². The van der Waals surface area contributed by atoms with E-state index in [1.54, 1.807) is 0 Å². The fourth-order valence-corrected chi connectivity index (χ4v) is 2.96. The van der Waals surface area contributed by atoms with Gasteiger partial charge >= 0.3 is 0 Å². The van der Waals surface area contributed by atoms with Gasteiger partial charge in [0.2, 0.25) is 0 Å². The van der Waals surface area contributed by atoms with Crippen molar-refractivity contribution >= 4 is 5.82 Å². The number of anilines is 1. The van der Waals surface area contributed by atoms with Crippen molar-refractivity contribution in [2.45, 2.75) is 58.9 Å². The Morgan fingerprint density at radius 1 is 1.16 bits per heavy atom. The molecule has 1 aliphatic carbocycles. The highest BCUT2D eigenvalue weighted by molar-refractivity contribution is 5.50. The Bertz CT molecular complexity index is 409. The van der Waals surface area contributed by atoms with Crippen molar-refractivity contribution in [3.05, 3.63) is 22.9 Å². The molecule has 0 atom stereocenters. The molecule has 0 fully saturated rings. The summed E-state index contributed by atoms with van der Waals surface area (Å²) < 4.78 is 0. The van der Waals surface area contributed by atoms with Crippen LogP contribution >= 0.6 is 0 Å². The molecule has 1 aromatic heterocycles. The molecule has 1 aliphatic rings. The molecule has 0 spiro atoms. The zero-order chi connectivity index (χ0) is 13.7. The largest absolute Gasteiger partial charge is 0.356 e. The monoisotopic (exact) mass is 261 g/mol. The minimum Gasteiger partial charge on any atom is -0.356 e. The number of nitrogens with zero attached hydrogens (tertiary/aromatic N) is 2. The molecule has 0 aromatic carbocycles. The second-order valence-corrected chi connectivity index (χ2v) is 5.48. The minimum absolute atomic E-state index is 0.597. The molecule has 19 heavy (non-hydrogen) atoms. The lowest BCUT2D eigenvalue weighted by molar-refractivity contribution is 0.657. The van der Waals surface area contributed by atoms with Crippen molar-refractivity contribution in [3.8, 4) is 0 Å². The highest BCUT2D eigenvalue weighted by atomic mass is 15.2. The standard InChI is InChI=1S/C16H27N3/c1-3-9-19(10-4-2)16-14(12-17)11-13-7-5-6-8-15(13)18-16/h11H,3-10,12,17H2,1-2H3. The van der Waals surface area contributed by atoms with Crippen molar-refractivity contribution in [1.29, 1.82) is 0 Å². The van der Waals surface area contributed by atoms with Crippen LogP contribution in [-0.2, 0) is 19.4 Å². The van der Waals surface area contributed by atoms with E-state index >= 15 is 0 Å². The lowest BCUT2D eigenvalue weighted by Crippen LogP contribution is -2.28. The van der Waals surface area contributed by atoms with Gasteiger partial charge < -0.3 is 10.6 Å². The van der Waals surface area contributed by atoms with E-state index in [0.29, 0.717) is 6.54 Å². The summed E-state index contributed by atoms with van der Waals surface area (Å²) in [6.45, 7) is 7.20. The molecule has 0 saturated carbocycles. The van der Waals surface area contributed by atoms with Gasteiger partial charge in [-0.2, -0.15) is 0 Å². The molecule has 3 nitrogen and oxygen atoms in total. The van der Waals surface area contributed by atoms with Gasteiger partial charge in [-0.1, -0.05) is 13.8 Å². The van der Waals surface area contributed by atoms with Gasteiger partial charge in [-0.25, -0.2) is 4.98 Å². The molecule has 0 bridgehead atoms. The van der Waals surface area contributed by atoms with Gasteiger partial charge in [0.15, 0.2) is 0 Å². The van der Waals surface area contributed by atoms with Gasteiger partial charge in [0, 0.05) is 30.9 Å². The average molecular weight is 261 g/mol. The maximum Gasteiger partial charge on any atom is 0.133 e. The molecule has 3 heteroatoms. The number of pyridine rings is 1. The predicted octanol–water partition coefficient (Wildman–Crippen LogP) is 3.05. The van der Waals surface area contributed by atoms with Gasteiger partial charge in [-0.05, 0) is 50.2 Å². The summed E-state index contributed by atoms with van der Waals surface area (Å²) in [6, 6.07) is 2.31. The predicted molar refractivity (Wildman–Crippen MR) is 81.6 cm³/mol. The van der Waals surface area contributed by atoms with E-state index < -0.39 is 0 Å². The van der Waals surface area contributed by atoms with Gasteiger partial charge in [-0.15, -0.1) is 0 Å². The third-order valence-corrected chi connectivity index (χ3v) is 3.86. The van der Waals surface area contributed by atoms with Crippen LogP contribution in [0.3, 0.4) is 0 Å². The van der Waals surface area contributed by atoms with Gasteiger partial charge in [0.25, 0.3) is 0 Å². The van der Waals surface area contributed by atoms with Crippen molar-refractivity contribution in [3.63, 3.8) is 0 Å². The molecule has 1 aromatic rings. The normalized spacial score (nSPS) is 14.3. The summed E-state index contributed by atoms with van der Waals surface area (Å²) in [7, 11) is 0. The third-order valence-electron chi connectivity index (χ3n) is 3.86. The molecular weight excluding hydrogens is 234 g/mol. The first kappa shape index (κ1) is 14.3. The van der Waals surface area contributed by atoms with Crippen molar-refractivity contribution in [1.82, 2.24) is 4.98 Å². The number of hydrogen-bond donors (Lipinski definition) is 1. The molecule has 0 unspecified atom stereocenters. The minimum atomic E-state index is 0.597. The van der Waals surface area contributed by atoms with Crippen LogP contribution in [0.25, 0.3) is 0 Å². The Labute approximate surface area is 117 Å². The summed E-state index contributed by atoms with van der Waals surface area (Å²) in [5.74, 6) is 1.15. The maximum atomic E-state index is 5.95. The van der Waals surface area contributed by atoms with Crippen LogP contribution in [-0.4, -0.2) is 18.1 Å². The van der Waals surface area contributed by atoms with Crippen LogP contribution in [0.1, 0.15) is 56.4 Å². The summed E-state index contributed by atoms with van der Waals surface area (Å²) in [6.07, 6.45) is 7.20. The van der Waals surface area contributed by atoms with E-state index in [2.05, 4.69) is 24.8 Å². The molecule has 0 radical (unpaired) electrons. The van der Waals surface area contributed by atoms with E-state index in [1.807, 2.05) is 0 Å². The molecule has 1 heterocycles. The average Bonchev–Trinajstić information content (AvgIpc) is 2.45. The summed E-state index contributed by atoms with van der Waals surface area (Å²) >= 11 is 0.